The maximum atomic E-state index is 12.4. The Morgan fingerprint density at radius 1 is 1.25 bits per heavy atom. The van der Waals surface area contributed by atoms with Gasteiger partial charge in [0.25, 0.3) is 11.6 Å². The monoisotopic (exact) mass is 361 g/mol. The van der Waals surface area contributed by atoms with Gasteiger partial charge >= 0.3 is 0 Å². The lowest BCUT2D eigenvalue weighted by Gasteiger charge is -2.03. The highest BCUT2D eigenvalue weighted by Gasteiger charge is 2.18. The summed E-state index contributed by atoms with van der Waals surface area (Å²) < 4.78 is 0.996. The number of hydrogen-bond acceptors (Lipinski definition) is 5. The first-order valence-electron chi connectivity index (χ1n) is 6.99. The fraction of sp³-hybridized carbons (Fsp3) is 0.125. The molecule has 1 heterocycles. The second-order valence-corrected chi connectivity index (χ2v) is 6.68. The van der Waals surface area contributed by atoms with Crippen LogP contribution in [-0.4, -0.2) is 15.8 Å². The molecule has 0 radical (unpaired) electrons. The summed E-state index contributed by atoms with van der Waals surface area (Å²) in [5.41, 5.74) is 2.77. The average molecular weight is 362 g/mol. The molecular formula is C16H12ClN3O3S. The van der Waals surface area contributed by atoms with Gasteiger partial charge in [-0.1, -0.05) is 35.1 Å². The number of nitro benzene ring substituents is 1. The van der Waals surface area contributed by atoms with E-state index in [2.05, 4.69) is 10.3 Å². The predicted octanol–water partition coefficient (Wildman–Crippen LogP) is 4.73. The number of halogens is 1. The van der Waals surface area contributed by atoms with E-state index in [1.54, 1.807) is 0 Å². The smallest absolute Gasteiger partial charge is 0.270 e. The highest BCUT2D eigenvalue weighted by atomic mass is 35.5. The van der Waals surface area contributed by atoms with E-state index in [4.69, 9.17) is 11.6 Å². The molecule has 0 unspecified atom stereocenters. The summed E-state index contributed by atoms with van der Waals surface area (Å²) in [7, 11) is 0. The van der Waals surface area contributed by atoms with E-state index in [1.165, 1.54) is 23.5 Å². The lowest BCUT2D eigenvalue weighted by atomic mass is 10.1. The van der Waals surface area contributed by atoms with E-state index in [-0.39, 0.29) is 16.3 Å². The van der Waals surface area contributed by atoms with Gasteiger partial charge < -0.3 is 0 Å². The van der Waals surface area contributed by atoms with Crippen LogP contribution in [0.5, 0.6) is 0 Å². The number of aromatic nitrogens is 1. The molecule has 0 saturated heterocycles. The third kappa shape index (κ3) is 2.95. The second-order valence-electron chi connectivity index (χ2n) is 5.27. The number of amides is 1. The molecule has 0 aliphatic rings. The topological polar surface area (TPSA) is 85.1 Å². The van der Waals surface area contributed by atoms with Crippen LogP contribution in [0.2, 0.25) is 5.02 Å². The quantitative estimate of drug-likeness (QED) is 0.540. The van der Waals surface area contributed by atoms with Gasteiger partial charge in [-0.15, -0.1) is 0 Å². The fourth-order valence-corrected chi connectivity index (χ4v) is 3.49. The number of benzene rings is 2. The van der Waals surface area contributed by atoms with E-state index < -0.39 is 10.8 Å². The van der Waals surface area contributed by atoms with Crippen LogP contribution in [0, 0.1) is 24.0 Å². The zero-order chi connectivity index (χ0) is 17.4. The van der Waals surface area contributed by atoms with E-state index in [0.29, 0.717) is 5.13 Å². The molecule has 1 amide bonds. The molecule has 0 aliphatic heterocycles. The summed E-state index contributed by atoms with van der Waals surface area (Å²) in [5, 5.41) is 14.1. The van der Waals surface area contributed by atoms with Crippen molar-refractivity contribution in [1.29, 1.82) is 0 Å². The van der Waals surface area contributed by atoms with Crippen molar-refractivity contribution < 1.29 is 9.72 Å². The average Bonchev–Trinajstić information content (AvgIpc) is 2.96. The first-order chi connectivity index (χ1) is 11.4. The first kappa shape index (κ1) is 16.4. The second kappa shape index (κ2) is 6.18. The van der Waals surface area contributed by atoms with Crippen LogP contribution < -0.4 is 5.32 Å². The zero-order valence-electron chi connectivity index (χ0n) is 12.8. The van der Waals surface area contributed by atoms with Crippen LogP contribution in [0.3, 0.4) is 0 Å². The number of nitrogens with zero attached hydrogens (tertiary/aromatic N) is 2. The number of fused-ring (bicyclic) bond motifs is 1. The molecule has 0 spiro atoms. The van der Waals surface area contributed by atoms with E-state index >= 15 is 0 Å². The van der Waals surface area contributed by atoms with Crippen LogP contribution >= 0.6 is 22.9 Å². The number of carbonyl (C=O) groups excluding carboxylic acids is 1. The largest absolute Gasteiger partial charge is 0.298 e. The molecule has 1 aromatic heterocycles. The van der Waals surface area contributed by atoms with Crippen molar-refractivity contribution in [3.05, 3.63) is 62.2 Å². The summed E-state index contributed by atoms with van der Waals surface area (Å²) in [6.45, 7) is 3.92. The van der Waals surface area contributed by atoms with E-state index in [0.717, 1.165) is 27.4 Å². The molecule has 3 aromatic rings. The Morgan fingerprint density at radius 3 is 2.62 bits per heavy atom. The van der Waals surface area contributed by atoms with Crippen molar-refractivity contribution in [2.45, 2.75) is 13.8 Å². The molecule has 3 rings (SSSR count). The van der Waals surface area contributed by atoms with Gasteiger partial charge in [0.2, 0.25) is 0 Å². The Morgan fingerprint density at radius 2 is 1.96 bits per heavy atom. The third-order valence-corrected chi connectivity index (χ3v) is 5.00. The molecule has 6 nitrogen and oxygen atoms in total. The molecule has 0 saturated carbocycles. The number of non-ortho nitro benzene ring substituents is 1. The van der Waals surface area contributed by atoms with Crippen molar-refractivity contribution in [1.82, 2.24) is 4.98 Å². The predicted molar refractivity (Wildman–Crippen MR) is 95.2 cm³/mol. The van der Waals surface area contributed by atoms with Crippen molar-refractivity contribution >= 4 is 49.9 Å². The lowest BCUT2D eigenvalue weighted by Crippen LogP contribution is -2.12. The van der Waals surface area contributed by atoms with Gasteiger partial charge in [-0.2, -0.15) is 0 Å². The maximum absolute atomic E-state index is 12.4. The summed E-state index contributed by atoms with van der Waals surface area (Å²) in [5.74, 6) is -0.530. The lowest BCUT2D eigenvalue weighted by molar-refractivity contribution is -0.384. The number of rotatable bonds is 3. The highest BCUT2D eigenvalue weighted by molar-refractivity contribution is 7.22. The summed E-state index contributed by atoms with van der Waals surface area (Å²) in [6.07, 6.45) is 0. The Kier molecular flexibility index (Phi) is 4.21. The molecule has 0 aliphatic carbocycles. The van der Waals surface area contributed by atoms with Gasteiger partial charge in [0, 0.05) is 12.1 Å². The van der Waals surface area contributed by atoms with E-state index in [9.17, 15) is 14.9 Å². The van der Waals surface area contributed by atoms with Gasteiger partial charge in [0.05, 0.1) is 25.7 Å². The number of hydrogen-bond donors (Lipinski definition) is 1. The molecule has 122 valence electrons. The summed E-state index contributed by atoms with van der Waals surface area (Å²) >= 11 is 7.35. The minimum atomic E-state index is -0.572. The molecule has 0 atom stereocenters. The minimum absolute atomic E-state index is 0.0403. The summed E-state index contributed by atoms with van der Waals surface area (Å²) in [4.78, 5) is 27.1. The molecule has 2 aromatic carbocycles. The van der Waals surface area contributed by atoms with Gasteiger partial charge in [-0.3, -0.25) is 20.2 Å². The Bertz CT molecular complexity index is 945. The normalized spacial score (nSPS) is 10.8. The molecule has 0 fully saturated rings. The van der Waals surface area contributed by atoms with Gasteiger partial charge in [-0.25, -0.2) is 4.98 Å². The number of nitrogens with one attached hydrogen (secondary N) is 1. The molecule has 1 N–H and O–H groups in total. The Hall–Kier alpha value is -2.51. The first-order valence-corrected chi connectivity index (χ1v) is 8.18. The van der Waals surface area contributed by atoms with Crippen molar-refractivity contribution in [2.75, 3.05) is 5.32 Å². The zero-order valence-corrected chi connectivity index (χ0v) is 14.4. The van der Waals surface area contributed by atoms with Crippen molar-refractivity contribution in [3.63, 3.8) is 0 Å². The highest BCUT2D eigenvalue weighted by Crippen LogP contribution is 2.31. The van der Waals surface area contributed by atoms with Crippen molar-refractivity contribution in [2.24, 2.45) is 0 Å². The number of anilines is 1. The minimum Gasteiger partial charge on any atom is -0.298 e. The number of thiazole rings is 1. The van der Waals surface area contributed by atoms with Crippen LogP contribution in [0.25, 0.3) is 10.2 Å². The van der Waals surface area contributed by atoms with Crippen LogP contribution in [-0.2, 0) is 0 Å². The molecule has 8 heteroatoms. The maximum Gasteiger partial charge on any atom is 0.270 e. The SMILES string of the molecule is Cc1ccc(C)c2sc(NC(=O)c3cc([N+](=O)[O-])ccc3Cl)nc12. The number of aryl methyl sites for hydroxylation is 2. The number of carbonyl (C=O) groups is 1. The number of nitro groups is 1. The van der Waals surface area contributed by atoms with Crippen LogP contribution in [0.4, 0.5) is 10.8 Å². The standard InChI is InChI=1S/C16H12ClN3O3S/c1-8-3-4-9(2)14-13(8)18-16(24-14)19-15(21)11-7-10(20(22)23)5-6-12(11)17/h3-7H,1-2H3,(H,18,19,21). The molecular weight excluding hydrogens is 350 g/mol. The Labute approximate surface area is 146 Å². The van der Waals surface area contributed by atoms with Crippen molar-refractivity contribution in [3.8, 4) is 0 Å². The van der Waals surface area contributed by atoms with Crippen LogP contribution in [0.15, 0.2) is 30.3 Å². The third-order valence-electron chi connectivity index (χ3n) is 3.57. The fourth-order valence-electron chi connectivity index (χ4n) is 2.28. The van der Waals surface area contributed by atoms with E-state index in [1.807, 2.05) is 26.0 Å². The van der Waals surface area contributed by atoms with Gasteiger partial charge in [0.1, 0.15) is 0 Å². The van der Waals surface area contributed by atoms with Crippen LogP contribution in [0.1, 0.15) is 21.5 Å². The molecule has 24 heavy (non-hydrogen) atoms. The van der Waals surface area contributed by atoms with Gasteiger partial charge in [-0.05, 0) is 31.0 Å². The Balaban J connectivity index is 1.96. The molecule has 0 bridgehead atoms. The summed E-state index contributed by atoms with van der Waals surface area (Å²) in [6, 6.07) is 7.71. The van der Waals surface area contributed by atoms with Gasteiger partial charge in [0.15, 0.2) is 5.13 Å².